The van der Waals surface area contributed by atoms with Gasteiger partial charge in [-0.05, 0) is 18.6 Å². The van der Waals surface area contributed by atoms with Crippen LogP contribution in [0.2, 0.25) is 0 Å². The molecule has 178 valence electrons. The molecule has 0 aliphatic carbocycles. The van der Waals surface area contributed by atoms with Crippen LogP contribution in [-0.2, 0) is 28.6 Å². The van der Waals surface area contributed by atoms with Gasteiger partial charge in [0.05, 0.1) is 0 Å². The van der Waals surface area contributed by atoms with Crippen molar-refractivity contribution in [2.24, 2.45) is 0 Å². The van der Waals surface area contributed by atoms with Crippen LogP contribution >= 0.6 is 0 Å². The van der Waals surface area contributed by atoms with E-state index in [1.54, 1.807) is 0 Å². The van der Waals surface area contributed by atoms with Crippen LogP contribution in [-0.4, -0.2) is 43.9 Å². The third kappa shape index (κ3) is 7.26. The third-order valence-corrected chi connectivity index (χ3v) is 3.91. The Morgan fingerprint density at radius 3 is 2.33 bits per heavy atom. The summed E-state index contributed by atoms with van der Waals surface area (Å²) in [5.41, 5.74) is -2.38. The second-order valence-electron chi connectivity index (χ2n) is 6.40. The summed E-state index contributed by atoms with van der Waals surface area (Å²) < 4.78 is 51.8. The average molecular weight is 471 g/mol. The lowest BCUT2D eigenvalue weighted by atomic mass is 10.1. The Labute approximate surface area is 184 Å². The molecule has 1 amide bonds. The lowest BCUT2D eigenvalue weighted by molar-refractivity contribution is -0.165. The Bertz CT molecular complexity index is 1130. The number of carbonyl (C=O) groups is 4. The van der Waals surface area contributed by atoms with E-state index >= 15 is 0 Å². The van der Waals surface area contributed by atoms with Gasteiger partial charge >= 0.3 is 23.5 Å². The molecule has 2 aromatic rings. The Morgan fingerprint density at radius 1 is 1.00 bits per heavy atom. The number of esters is 3. The lowest BCUT2D eigenvalue weighted by Crippen LogP contribution is -2.29. The number of ether oxygens (including phenoxy) is 4. The fraction of sp³-hybridized carbons (Fsp3) is 0.350. The molecule has 11 nitrogen and oxygen atoms in total. The molecule has 0 aliphatic heterocycles. The van der Waals surface area contributed by atoms with E-state index in [1.165, 1.54) is 0 Å². The minimum Gasteiger partial charge on any atom is -0.451 e. The molecule has 13 heteroatoms. The summed E-state index contributed by atoms with van der Waals surface area (Å²) >= 11 is 0. The molecule has 1 aromatic heterocycles. The van der Waals surface area contributed by atoms with Gasteiger partial charge in [-0.1, -0.05) is 0 Å². The zero-order chi connectivity index (χ0) is 24.5. The molecule has 2 rings (SSSR count). The van der Waals surface area contributed by atoms with Crippen LogP contribution in [0.4, 0.5) is 8.78 Å². The number of rotatable bonds is 10. The quantitative estimate of drug-likeness (QED) is 0.234. The van der Waals surface area contributed by atoms with E-state index in [4.69, 9.17) is 9.15 Å². The first kappa shape index (κ1) is 25.2. The first-order valence-electron chi connectivity index (χ1n) is 9.39. The summed E-state index contributed by atoms with van der Waals surface area (Å²) in [6.45, 7) is 0.886. The fourth-order valence-electron chi connectivity index (χ4n) is 2.42. The van der Waals surface area contributed by atoms with Crippen molar-refractivity contribution in [2.45, 2.75) is 26.7 Å². The number of nitrogens with one attached hydrogen (secondary N) is 1. The SMILES string of the molecule is CC(=O)OCOC(=O)CCCNC(=O)c1cc2cc(F)c(OCOC(C)=O)c(F)c2oc1=O. The minimum absolute atomic E-state index is 0.0371. The number of hydrogen-bond acceptors (Lipinski definition) is 10. The van der Waals surface area contributed by atoms with Crippen molar-refractivity contribution in [3.8, 4) is 5.75 Å². The number of amides is 1. The van der Waals surface area contributed by atoms with Gasteiger partial charge in [0.1, 0.15) is 5.56 Å². The normalized spacial score (nSPS) is 10.4. The van der Waals surface area contributed by atoms with Gasteiger partial charge in [0.25, 0.3) is 5.91 Å². The topological polar surface area (TPSA) is 147 Å². The predicted octanol–water partition coefficient (Wildman–Crippen LogP) is 1.54. The molecule has 1 aromatic carbocycles. The van der Waals surface area contributed by atoms with Gasteiger partial charge in [0, 0.05) is 32.2 Å². The minimum atomic E-state index is -1.35. The second kappa shape index (κ2) is 11.5. The van der Waals surface area contributed by atoms with Crippen LogP contribution in [0, 0.1) is 11.6 Å². The van der Waals surface area contributed by atoms with Gasteiger partial charge in [-0.15, -0.1) is 0 Å². The van der Waals surface area contributed by atoms with E-state index < -0.39 is 71.6 Å². The molecular formula is C20H19F2NO10. The van der Waals surface area contributed by atoms with Crippen LogP contribution in [0.1, 0.15) is 37.0 Å². The number of hydrogen-bond donors (Lipinski definition) is 1. The van der Waals surface area contributed by atoms with Crippen molar-refractivity contribution in [2.75, 3.05) is 20.1 Å². The molecule has 0 unspecified atom stereocenters. The summed E-state index contributed by atoms with van der Waals surface area (Å²) in [7, 11) is 0. The largest absolute Gasteiger partial charge is 0.451 e. The van der Waals surface area contributed by atoms with Crippen LogP contribution in [0.3, 0.4) is 0 Å². The van der Waals surface area contributed by atoms with Gasteiger partial charge in [-0.3, -0.25) is 19.2 Å². The highest BCUT2D eigenvalue weighted by Crippen LogP contribution is 2.29. The van der Waals surface area contributed by atoms with Gasteiger partial charge in [-0.2, -0.15) is 4.39 Å². The monoisotopic (exact) mass is 471 g/mol. The van der Waals surface area contributed by atoms with Crippen molar-refractivity contribution in [1.82, 2.24) is 5.32 Å². The molecule has 0 bridgehead atoms. The fourth-order valence-corrected chi connectivity index (χ4v) is 2.42. The molecular weight excluding hydrogens is 452 g/mol. The molecule has 1 heterocycles. The van der Waals surface area contributed by atoms with E-state index in [9.17, 15) is 32.8 Å². The van der Waals surface area contributed by atoms with E-state index in [1.807, 2.05) is 0 Å². The zero-order valence-electron chi connectivity index (χ0n) is 17.5. The van der Waals surface area contributed by atoms with E-state index in [2.05, 4.69) is 19.5 Å². The third-order valence-electron chi connectivity index (χ3n) is 3.91. The number of carbonyl (C=O) groups excluding carboxylic acids is 4. The van der Waals surface area contributed by atoms with Crippen molar-refractivity contribution < 1.29 is 51.3 Å². The van der Waals surface area contributed by atoms with Crippen molar-refractivity contribution >= 4 is 34.8 Å². The van der Waals surface area contributed by atoms with Crippen LogP contribution in [0.15, 0.2) is 21.3 Å². The van der Waals surface area contributed by atoms with Gasteiger partial charge < -0.3 is 28.7 Å². The highest BCUT2D eigenvalue weighted by Gasteiger charge is 2.21. The Hall–Kier alpha value is -4.03. The smallest absolute Gasteiger partial charge is 0.349 e. The Kier molecular flexibility index (Phi) is 8.83. The Balaban J connectivity index is 2.02. The highest BCUT2D eigenvalue weighted by molar-refractivity contribution is 5.96. The van der Waals surface area contributed by atoms with Crippen molar-refractivity contribution in [3.05, 3.63) is 39.8 Å². The maximum absolute atomic E-state index is 14.5. The summed E-state index contributed by atoms with van der Waals surface area (Å²) in [4.78, 5) is 57.1. The van der Waals surface area contributed by atoms with Crippen molar-refractivity contribution in [3.63, 3.8) is 0 Å². The maximum Gasteiger partial charge on any atom is 0.349 e. The molecule has 0 spiro atoms. The number of fused-ring (bicyclic) bond motifs is 1. The molecule has 0 fully saturated rings. The summed E-state index contributed by atoms with van der Waals surface area (Å²) in [6.07, 6.45) is 0.0241. The maximum atomic E-state index is 14.5. The van der Waals surface area contributed by atoms with Gasteiger partial charge in [0.15, 0.2) is 17.1 Å². The first-order valence-corrected chi connectivity index (χ1v) is 9.39. The molecule has 1 N–H and O–H groups in total. The molecule has 0 saturated heterocycles. The second-order valence-corrected chi connectivity index (χ2v) is 6.40. The average Bonchev–Trinajstić information content (AvgIpc) is 2.73. The van der Waals surface area contributed by atoms with E-state index in [-0.39, 0.29) is 24.8 Å². The number of benzene rings is 1. The molecule has 0 aliphatic rings. The molecule has 0 saturated carbocycles. The summed E-state index contributed by atoms with van der Waals surface area (Å²) in [6, 6.07) is 1.71. The molecule has 33 heavy (non-hydrogen) atoms. The van der Waals surface area contributed by atoms with Crippen molar-refractivity contribution in [1.29, 1.82) is 0 Å². The van der Waals surface area contributed by atoms with E-state index in [0.29, 0.717) is 0 Å². The van der Waals surface area contributed by atoms with Crippen LogP contribution in [0.5, 0.6) is 5.75 Å². The van der Waals surface area contributed by atoms with Crippen LogP contribution < -0.4 is 15.7 Å². The van der Waals surface area contributed by atoms with E-state index in [0.717, 1.165) is 26.0 Å². The van der Waals surface area contributed by atoms with Gasteiger partial charge in [0.2, 0.25) is 19.4 Å². The summed E-state index contributed by atoms with van der Waals surface area (Å²) in [5, 5.41) is 2.13. The Morgan fingerprint density at radius 2 is 1.67 bits per heavy atom. The lowest BCUT2D eigenvalue weighted by Gasteiger charge is -2.10. The number of halogens is 2. The predicted molar refractivity (Wildman–Crippen MR) is 104 cm³/mol. The molecule has 0 atom stereocenters. The zero-order valence-corrected chi connectivity index (χ0v) is 17.5. The van der Waals surface area contributed by atoms with Gasteiger partial charge in [-0.25, -0.2) is 9.18 Å². The highest BCUT2D eigenvalue weighted by atomic mass is 19.1. The molecule has 0 radical (unpaired) electrons. The standard InChI is InChI=1S/C20H19F2NO10/c1-10(24)29-8-31-15(26)4-3-5-23-19(27)13-6-12-7-14(21)18(32-9-30-11(2)25)16(22)17(12)33-20(13)28/h6-7H,3-5,8-9H2,1-2H3,(H,23,27). The first-order chi connectivity index (χ1) is 15.6. The summed E-state index contributed by atoms with van der Waals surface area (Å²) in [5.74, 6) is -6.38. The van der Waals surface area contributed by atoms with Crippen LogP contribution in [0.25, 0.3) is 11.0 Å².